The van der Waals surface area contributed by atoms with Crippen LogP contribution >= 0.6 is 0 Å². The lowest BCUT2D eigenvalue weighted by atomic mass is 9.95. The minimum Gasteiger partial charge on any atom is -0.368 e. The van der Waals surface area contributed by atoms with Crippen LogP contribution in [0.3, 0.4) is 0 Å². The van der Waals surface area contributed by atoms with E-state index in [-0.39, 0.29) is 11.9 Å². The molecule has 3 N–H and O–H groups in total. The number of primary amides is 1. The molecule has 0 saturated carbocycles. The zero-order chi connectivity index (χ0) is 15.5. The molecule has 122 valence electrons. The third-order valence-corrected chi connectivity index (χ3v) is 4.97. The van der Waals surface area contributed by atoms with Crippen LogP contribution in [0.1, 0.15) is 46.5 Å². The minimum absolute atomic E-state index is 0.242. The van der Waals surface area contributed by atoms with Gasteiger partial charge in [-0.3, -0.25) is 9.69 Å². The van der Waals surface area contributed by atoms with E-state index in [0.29, 0.717) is 0 Å². The number of fused-ring (bicyclic) bond motifs is 1. The highest BCUT2D eigenvalue weighted by atomic mass is 16.1. The van der Waals surface area contributed by atoms with Crippen molar-refractivity contribution in [1.82, 2.24) is 15.1 Å². The van der Waals surface area contributed by atoms with Gasteiger partial charge in [-0.2, -0.15) is 0 Å². The normalized spacial score (nSPS) is 27.3. The molecule has 0 aliphatic carbocycles. The molecule has 2 saturated heterocycles. The highest BCUT2D eigenvalue weighted by molar-refractivity contribution is 5.84. The highest BCUT2D eigenvalue weighted by Gasteiger charge is 2.33. The summed E-state index contributed by atoms with van der Waals surface area (Å²) in [4.78, 5) is 17.0. The van der Waals surface area contributed by atoms with Crippen molar-refractivity contribution in [3.8, 4) is 0 Å². The monoisotopic (exact) mass is 296 g/mol. The SMILES string of the molecule is CC(C)NC(C)(CCN1CCCN2CCCC2C1)C(N)=O. The first-order chi connectivity index (χ1) is 9.90. The fourth-order valence-corrected chi connectivity index (χ4v) is 3.77. The standard InChI is InChI=1S/C16H32N4O/c1-13(2)18-16(3,15(17)21)7-11-19-8-5-10-20-9-4-6-14(20)12-19/h13-14,18H,4-12H2,1-3H3,(H2,17,21). The first-order valence-corrected chi connectivity index (χ1v) is 8.45. The lowest BCUT2D eigenvalue weighted by molar-refractivity contribution is -0.124. The van der Waals surface area contributed by atoms with E-state index in [1.807, 2.05) is 6.92 Å². The van der Waals surface area contributed by atoms with E-state index in [4.69, 9.17) is 5.73 Å². The molecule has 0 bridgehead atoms. The van der Waals surface area contributed by atoms with Crippen molar-refractivity contribution in [3.63, 3.8) is 0 Å². The number of nitrogens with zero attached hydrogens (tertiary/aromatic N) is 2. The van der Waals surface area contributed by atoms with E-state index in [0.717, 1.165) is 32.1 Å². The van der Waals surface area contributed by atoms with Crippen molar-refractivity contribution in [3.05, 3.63) is 0 Å². The fourth-order valence-electron chi connectivity index (χ4n) is 3.77. The van der Waals surface area contributed by atoms with Crippen LogP contribution in [0, 0.1) is 0 Å². The predicted octanol–water partition coefficient (Wildman–Crippen LogP) is 0.789. The predicted molar refractivity (Wildman–Crippen MR) is 86.1 cm³/mol. The highest BCUT2D eigenvalue weighted by Crippen LogP contribution is 2.22. The van der Waals surface area contributed by atoms with Gasteiger partial charge in [-0.05, 0) is 66.1 Å². The quantitative estimate of drug-likeness (QED) is 0.761. The molecule has 5 nitrogen and oxygen atoms in total. The lowest BCUT2D eigenvalue weighted by Crippen LogP contribution is -2.57. The summed E-state index contributed by atoms with van der Waals surface area (Å²) in [6.45, 7) is 11.8. The Morgan fingerprint density at radius 1 is 1.33 bits per heavy atom. The minimum atomic E-state index is -0.601. The van der Waals surface area contributed by atoms with Gasteiger partial charge in [-0.1, -0.05) is 0 Å². The molecular weight excluding hydrogens is 264 g/mol. The van der Waals surface area contributed by atoms with Gasteiger partial charge >= 0.3 is 0 Å². The summed E-state index contributed by atoms with van der Waals surface area (Å²) < 4.78 is 0. The third-order valence-electron chi connectivity index (χ3n) is 4.97. The second-order valence-corrected chi connectivity index (χ2v) is 7.23. The molecule has 1 amide bonds. The molecule has 2 heterocycles. The second kappa shape index (κ2) is 7.07. The topological polar surface area (TPSA) is 61.6 Å². The fraction of sp³-hybridized carbons (Fsp3) is 0.938. The van der Waals surface area contributed by atoms with Crippen molar-refractivity contribution in [1.29, 1.82) is 0 Å². The maximum Gasteiger partial charge on any atom is 0.237 e. The van der Waals surface area contributed by atoms with E-state index in [1.54, 1.807) is 0 Å². The van der Waals surface area contributed by atoms with Crippen LogP contribution in [-0.4, -0.2) is 66.1 Å². The van der Waals surface area contributed by atoms with Crippen LogP contribution in [0.4, 0.5) is 0 Å². The average Bonchev–Trinajstić information content (AvgIpc) is 2.73. The Kier molecular flexibility index (Phi) is 5.63. The molecule has 2 aliphatic heterocycles. The molecule has 0 spiro atoms. The summed E-state index contributed by atoms with van der Waals surface area (Å²) in [5.74, 6) is -0.242. The van der Waals surface area contributed by atoms with Gasteiger partial charge in [0.25, 0.3) is 0 Å². The van der Waals surface area contributed by atoms with Crippen molar-refractivity contribution < 1.29 is 4.79 Å². The average molecular weight is 296 g/mol. The molecule has 2 fully saturated rings. The molecule has 2 aliphatic rings. The number of rotatable bonds is 6. The zero-order valence-electron chi connectivity index (χ0n) is 13.9. The van der Waals surface area contributed by atoms with Crippen molar-refractivity contribution in [2.45, 2.75) is 64.1 Å². The van der Waals surface area contributed by atoms with Gasteiger partial charge in [-0.15, -0.1) is 0 Å². The van der Waals surface area contributed by atoms with Crippen LogP contribution in [0.5, 0.6) is 0 Å². The van der Waals surface area contributed by atoms with E-state index in [9.17, 15) is 4.79 Å². The molecule has 21 heavy (non-hydrogen) atoms. The smallest absolute Gasteiger partial charge is 0.237 e. The van der Waals surface area contributed by atoms with Gasteiger partial charge in [0, 0.05) is 25.2 Å². The molecular formula is C16H32N4O. The van der Waals surface area contributed by atoms with E-state index < -0.39 is 5.54 Å². The van der Waals surface area contributed by atoms with Crippen molar-refractivity contribution in [2.24, 2.45) is 5.73 Å². The van der Waals surface area contributed by atoms with E-state index in [1.165, 1.54) is 32.4 Å². The molecule has 0 aromatic rings. The van der Waals surface area contributed by atoms with Crippen molar-refractivity contribution in [2.75, 3.05) is 32.7 Å². The maximum atomic E-state index is 11.8. The summed E-state index contributed by atoms with van der Waals surface area (Å²) in [5, 5.41) is 3.35. The molecule has 0 aromatic carbocycles. The summed E-state index contributed by atoms with van der Waals surface area (Å²) >= 11 is 0. The molecule has 5 heteroatoms. The summed E-state index contributed by atoms with van der Waals surface area (Å²) in [6, 6.07) is 0.988. The number of hydrogen-bond acceptors (Lipinski definition) is 4. The second-order valence-electron chi connectivity index (χ2n) is 7.23. The van der Waals surface area contributed by atoms with E-state index >= 15 is 0 Å². The molecule has 2 rings (SSSR count). The Morgan fingerprint density at radius 2 is 2.05 bits per heavy atom. The summed E-state index contributed by atoms with van der Waals surface area (Å²) in [6.07, 6.45) is 4.69. The third kappa shape index (κ3) is 4.41. The van der Waals surface area contributed by atoms with Gasteiger partial charge in [0.1, 0.15) is 0 Å². The zero-order valence-corrected chi connectivity index (χ0v) is 13.9. The summed E-state index contributed by atoms with van der Waals surface area (Å²) in [5.41, 5.74) is 5.02. The Morgan fingerprint density at radius 3 is 2.71 bits per heavy atom. The van der Waals surface area contributed by atoms with Crippen LogP contribution in [0.25, 0.3) is 0 Å². The summed E-state index contributed by atoms with van der Waals surface area (Å²) in [7, 11) is 0. The van der Waals surface area contributed by atoms with Crippen LogP contribution < -0.4 is 11.1 Å². The molecule has 0 aromatic heterocycles. The largest absolute Gasteiger partial charge is 0.368 e. The van der Waals surface area contributed by atoms with E-state index in [2.05, 4.69) is 29.0 Å². The van der Waals surface area contributed by atoms with Crippen molar-refractivity contribution >= 4 is 5.91 Å². The Labute approximate surface area is 129 Å². The Bertz CT molecular complexity index is 360. The van der Waals surface area contributed by atoms with Crippen LogP contribution in [-0.2, 0) is 4.79 Å². The van der Waals surface area contributed by atoms with Gasteiger partial charge in [0.05, 0.1) is 5.54 Å². The maximum absolute atomic E-state index is 11.8. The van der Waals surface area contributed by atoms with Crippen LogP contribution in [0.2, 0.25) is 0 Å². The lowest BCUT2D eigenvalue weighted by Gasteiger charge is -2.33. The number of hydrogen-bond donors (Lipinski definition) is 2. The Balaban J connectivity index is 1.89. The van der Waals surface area contributed by atoms with Crippen LogP contribution in [0.15, 0.2) is 0 Å². The molecule has 2 atom stereocenters. The number of amides is 1. The van der Waals surface area contributed by atoms with Gasteiger partial charge in [-0.25, -0.2) is 0 Å². The van der Waals surface area contributed by atoms with Gasteiger partial charge in [0.2, 0.25) is 5.91 Å². The number of carbonyl (C=O) groups excluding carboxylic acids is 1. The first-order valence-electron chi connectivity index (χ1n) is 8.45. The number of nitrogens with two attached hydrogens (primary N) is 1. The molecule has 0 radical (unpaired) electrons. The number of carbonyl (C=O) groups is 1. The number of nitrogens with one attached hydrogen (secondary N) is 1. The van der Waals surface area contributed by atoms with Gasteiger partial charge in [0.15, 0.2) is 0 Å². The Hall–Kier alpha value is -0.650. The molecule has 2 unspecified atom stereocenters. The first kappa shape index (κ1) is 16.7. The van der Waals surface area contributed by atoms with Gasteiger partial charge < -0.3 is 16.0 Å².